The third kappa shape index (κ3) is 1.14. The molecule has 0 aliphatic heterocycles. The Bertz CT molecular complexity index is 167. The Morgan fingerprint density at radius 3 is 2.12 bits per heavy atom. The smallest absolute Gasteiger partial charge is 0.0218 e. The minimum atomic E-state index is 0.261. The third-order valence-corrected chi connectivity index (χ3v) is 1.89. The highest BCUT2D eigenvalue weighted by Crippen LogP contribution is 1.77. The van der Waals surface area contributed by atoms with E-state index in [9.17, 15) is 0 Å². The highest BCUT2D eigenvalue weighted by Gasteiger charge is 1.76. The van der Waals surface area contributed by atoms with Crippen molar-refractivity contribution in [1.82, 2.24) is 0 Å². The lowest BCUT2D eigenvalue weighted by Gasteiger charge is -1.84. The van der Waals surface area contributed by atoms with E-state index in [4.69, 9.17) is 0 Å². The summed E-state index contributed by atoms with van der Waals surface area (Å²) in [7, 11) is 0.261. The highest BCUT2D eigenvalue weighted by atomic mass is 28.2. The molecular weight excluding hydrogens is 112 g/mol. The normalized spacial score (nSPS) is 8.50. The van der Waals surface area contributed by atoms with Crippen LogP contribution in [0.1, 0.15) is 0 Å². The van der Waals surface area contributed by atoms with Gasteiger partial charge in [-0.05, 0) is 5.19 Å². The molecule has 1 heteroatoms. The molecule has 0 amide bonds. The second kappa shape index (κ2) is 2.57. The Morgan fingerprint density at radius 1 is 1.12 bits per heavy atom. The van der Waals surface area contributed by atoms with Gasteiger partial charge in [-0.25, -0.2) is 0 Å². The Kier molecular flexibility index (Phi) is 1.75. The lowest BCUT2D eigenvalue weighted by molar-refractivity contribution is 1.77. The second-order valence-corrected chi connectivity index (χ2v) is 2.69. The average Bonchev–Trinajstić information content (AvgIpc) is 1.90. The average molecular weight is 120 g/mol. The molecule has 0 unspecified atom stereocenters. The van der Waals surface area contributed by atoms with Gasteiger partial charge in [-0.15, -0.1) is 6.17 Å². The first-order chi connectivity index (χ1) is 3.93. The highest BCUT2D eigenvalue weighted by molar-refractivity contribution is 6.56. The number of hydrogen-bond acceptors (Lipinski definition) is 0. The van der Waals surface area contributed by atoms with Crippen LogP contribution >= 0.6 is 0 Å². The first kappa shape index (κ1) is 5.44. The van der Waals surface area contributed by atoms with Crippen molar-refractivity contribution in [2.45, 2.75) is 0 Å². The molecule has 0 aromatic heterocycles. The van der Waals surface area contributed by atoms with Crippen molar-refractivity contribution in [3.8, 4) is 0 Å². The van der Waals surface area contributed by atoms with Gasteiger partial charge in [0.05, 0.1) is 0 Å². The van der Waals surface area contributed by atoms with Crippen LogP contribution in [0.25, 0.3) is 0 Å². The lowest BCUT2D eigenvalue weighted by Crippen LogP contribution is -2.03. The fraction of sp³-hybridized carbons (Fsp3) is 0. The molecular formula is C7H8Si. The molecule has 0 fully saturated rings. The summed E-state index contributed by atoms with van der Waals surface area (Å²) in [5.41, 5.74) is 0. The predicted octanol–water partition coefficient (Wildman–Crippen LogP) is 0.180. The monoisotopic (exact) mass is 120 g/mol. The van der Waals surface area contributed by atoms with Crippen LogP contribution in [-0.2, 0) is 0 Å². The zero-order valence-electron chi connectivity index (χ0n) is 4.67. The minimum Gasteiger partial charge on any atom is -0.117 e. The van der Waals surface area contributed by atoms with Crippen molar-refractivity contribution in [1.29, 1.82) is 0 Å². The molecule has 0 saturated heterocycles. The molecule has 0 N–H and O–H groups in total. The summed E-state index contributed by atoms with van der Waals surface area (Å²) in [6.45, 7) is 0. The predicted molar refractivity (Wildman–Crippen MR) is 40.3 cm³/mol. The van der Waals surface area contributed by atoms with E-state index in [0.717, 1.165) is 0 Å². The molecule has 0 heterocycles. The fourth-order valence-corrected chi connectivity index (χ4v) is 1.08. The van der Waals surface area contributed by atoms with Gasteiger partial charge < -0.3 is 0 Å². The topological polar surface area (TPSA) is 0 Å². The molecule has 0 aliphatic rings. The van der Waals surface area contributed by atoms with Gasteiger partial charge in [0.1, 0.15) is 0 Å². The Labute approximate surface area is 51.6 Å². The van der Waals surface area contributed by atoms with Crippen LogP contribution in [0.2, 0.25) is 0 Å². The van der Waals surface area contributed by atoms with Gasteiger partial charge in [0.2, 0.25) is 0 Å². The molecule has 1 rings (SSSR count). The molecule has 0 spiro atoms. The van der Waals surface area contributed by atoms with E-state index >= 15 is 0 Å². The van der Waals surface area contributed by atoms with Crippen molar-refractivity contribution in [2.24, 2.45) is 0 Å². The Balaban J connectivity index is 2.99. The van der Waals surface area contributed by atoms with E-state index in [0.29, 0.717) is 0 Å². The van der Waals surface area contributed by atoms with Crippen molar-refractivity contribution in [3.63, 3.8) is 0 Å². The van der Waals surface area contributed by atoms with E-state index in [1.165, 1.54) is 5.19 Å². The SMILES string of the molecule is C=[SiH]c1ccccc1. The summed E-state index contributed by atoms with van der Waals surface area (Å²) >= 11 is 0. The molecule has 0 nitrogen and oxygen atoms in total. The van der Waals surface area contributed by atoms with Crippen LogP contribution in [0.5, 0.6) is 0 Å². The summed E-state index contributed by atoms with van der Waals surface area (Å²) in [5, 5.41) is 1.38. The van der Waals surface area contributed by atoms with Gasteiger partial charge in [-0.2, -0.15) is 0 Å². The number of rotatable bonds is 1. The van der Waals surface area contributed by atoms with E-state index in [2.05, 4.69) is 18.3 Å². The molecule has 0 bridgehead atoms. The molecule has 0 aliphatic carbocycles. The lowest BCUT2D eigenvalue weighted by atomic mass is 10.4. The van der Waals surface area contributed by atoms with Crippen LogP contribution in [0.4, 0.5) is 0 Å². The van der Waals surface area contributed by atoms with Crippen molar-refractivity contribution in [2.75, 3.05) is 0 Å². The fourth-order valence-electron chi connectivity index (χ4n) is 0.589. The van der Waals surface area contributed by atoms with Crippen LogP contribution in [0.3, 0.4) is 0 Å². The van der Waals surface area contributed by atoms with E-state index < -0.39 is 0 Å². The largest absolute Gasteiger partial charge is 0.117 e. The van der Waals surface area contributed by atoms with Gasteiger partial charge >= 0.3 is 0 Å². The van der Waals surface area contributed by atoms with Gasteiger partial charge in [0.15, 0.2) is 0 Å². The maximum absolute atomic E-state index is 3.84. The molecule has 1 aromatic carbocycles. The van der Waals surface area contributed by atoms with Gasteiger partial charge in [0.25, 0.3) is 0 Å². The summed E-state index contributed by atoms with van der Waals surface area (Å²) < 4.78 is 0. The van der Waals surface area contributed by atoms with Crippen LogP contribution in [-0.4, -0.2) is 15.3 Å². The Morgan fingerprint density at radius 2 is 1.75 bits per heavy atom. The van der Waals surface area contributed by atoms with Gasteiger partial charge in [0, 0.05) is 9.13 Å². The zero-order valence-corrected chi connectivity index (χ0v) is 5.83. The Hall–Kier alpha value is -0.693. The van der Waals surface area contributed by atoms with Crippen LogP contribution in [0.15, 0.2) is 30.3 Å². The zero-order chi connectivity index (χ0) is 5.82. The first-order valence-corrected chi connectivity index (χ1v) is 4.00. The molecule has 0 radical (unpaired) electrons. The van der Waals surface area contributed by atoms with E-state index in [-0.39, 0.29) is 9.13 Å². The van der Waals surface area contributed by atoms with E-state index in [1.54, 1.807) is 0 Å². The molecule has 0 saturated carbocycles. The summed E-state index contributed by atoms with van der Waals surface area (Å²) in [4.78, 5) is 0. The summed E-state index contributed by atoms with van der Waals surface area (Å²) in [6, 6.07) is 10.4. The molecule has 1 aromatic rings. The quantitative estimate of drug-likeness (QED) is 0.464. The van der Waals surface area contributed by atoms with Gasteiger partial charge in [-0.1, -0.05) is 30.3 Å². The molecule has 40 valence electrons. The molecule has 8 heavy (non-hydrogen) atoms. The van der Waals surface area contributed by atoms with Gasteiger partial charge in [-0.3, -0.25) is 0 Å². The van der Waals surface area contributed by atoms with Crippen molar-refractivity contribution in [3.05, 3.63) is 30.3 Å². The van der Waals surface area contributed by atoms with Crippen LogP contribution < -0.4 is 5.19 Å². The van der Waals surface area contributed by atoms with E-state index in [1.807, 2.05) is 18.2 Å². The van der Waals surface area contributed by atoms with Crippen LogP contribution in [0, 0.1) is 0 Å². The first-order valence-electron chi connectivity index (χ1n) is 2.61. The second-order valence-electron chi connectivity index (χ2n) is 1.61. The molecule has 0 atom stereocenters. The third-order valence-electron chi connectivity index (χ3n) is 1.04. The minimum absolute atomic E-state index is 0.261. The standard InChI is InChI=1S/C7H8Si/c1-8-7-5-3-2-4-6-7/h2-6,8H,1H2. The summed E-state index contributed by atoms with van der Waals surface area (Å²) in [5.74, 6) is 0. The van der Waals surface area contributed by atoms with Crippen molar-refractivity contribution < 1.29 is 0 Å². The van der Waals surface area contributed by atoms with Crippen molar-refractivity contribution >= 4 is 20.5 Å². The number of hydrogen-bond donors (Lipinski definition) is 0. The number of benzene rings is 1. The maximum atomic E-state index is 3.84. The summed E-state index contributed by atoms with van der Waals surface area (Å²) in [6.07, 6.45) is 3.84. The maximum Gasteiger partial charge on any atom is 0.0218 e.